The zero-order chi connectivity index (χ0) is 24.0. The molecule has 0 saturated heterocycles. The van der Waals surface area contributed by atoms with E-state index in [-0.39, 0.29) is 12.5 Å². The van der Waals surface area contributed by atoms with Crippen LogP contribution in [0.2, 0.25) is 5.02 Å². The number of nitrogens with zero attached hydrogens (tertiary/aromatic N) is 1. The third-order valence-corrected chi connectivity index (χ3v) is 4.83. The Bertz CT molecular complexity index is 1160. The Morgan fingerprint density at radius 2 is 1.91 bits per heavy atom. The van der Waals surface area contributed by atoms with E-state index < -0.39 is 17.4 Å². The number of anilines is 1. The van der Waals surface area contributed by atoms with Crippen LogP contribution in [-0.2, 0) is 9.59 Å². The van der Waals surface area contributed by atoms with Gasteiger partial charge in [0.15, 0.2) is 12.2 Å². The molecule has 33 heavy (non-hydrogen) atoms. The molecule has 10 heteroatoms. The van der Waals surface area contributed by atoms with Crippen molar-refractivity contribution >= 4 is 35.0 Å². The molecule has 9 nitrogen and oxygen atoms in total. The molecule has 0 saturated carbocycles. The Morgan fingerprint density at radius 3 is 2.58 bits per heavy atom. The maximum atomic E-state index is 12.4. The molecule has 0 unspecified atom stereocenters. The number of carbonyl (C=O) groups excluding carboxylic acids is 3. The van der Waals surface area contributed by atoms with Gasteiger partial charge in [0.1, 0.15) is 5.75 Å². The van der Waals surface area contributed by atoms with E-state index in [1.54, 1.807) is 50.2 Å². The van der Waals surface area contributed by atoms with E-state index in [2.05, 4.69) is 20.9 Å². The van der Waals surface area contributed by atoms with Gasteiger partial charge in [0, 0.05) is 28.9 Å². The Morgan fingerprint density at radius 1 is 1.12 bits per heavy atom. The minimum atomic E-state index is -0.892. The van der Waals surface area contributed by atoms with Crippen LogP contribution in [0.15, 0.2) is 59.5 Å². The summed E-state index contributed by atoms with van der Waals surface area (Å²) in [5, 5.41) is 8.30. The molecule has 172 valence electrons. The molecule has 0 aliphatic rings. The first-order valence-electron chi connectivity index (χ1n) is 9.93. The second kappa shape index (κ2) is 10.2. The Kier molecular flexibility index (Phi) is 7.34. The number of amides is 3. The summed E-state index contributed by atoms with van der Waals surface area (Å²) in [6.45, 7) is 3.47. The van der Waals surface area contributed by atoms with Crippen molar-refractivity contribution in [1.82, 2.24) is 15.6 Å². The van der Waals surface area contributed by atoms with Gasteiger partial charge in [-0.15, -0.1) is 0 Å². The molecule has 0 fully saturated rings. The summed E-state index contributed by atoms with van der Waals surface area (Å²) in [6, 6.07) is 11.4. The summed E-state index contributed by atoms with van der Waals surface area (Å²) in [7, 11) is 1.48. The summed E-state index contributed by atoms with van der Waals surface area (Å²) in [5.41, 5.74) is 0.512. The number of oxazole rings is 1. The first-order valence-corrected chi connectivity index (χ1v) is 10.3. The van der Waals surface area contributed by atoms with Crippen molar-refractivity contribution in [2.45, 2.75) is 19.4 Å². The molecule has 2 aromatic carbocycles. The predicted octanol–water partition coefficient (Wildman–Crippen LogP) is 3.27. The lowest BCUT2D eigenvalue weighted by atomic mass is 10.1. The fourth-order valence-electron chi connectivity index (χ4n) is 2.95. The van der Waals surface area contributed by atoms with E-state index in [4.69, 9.17) is 20.8 Å². The normalized spacial score (nSPS) is 10.9. The molecule has 3 aromatic rings. The zero-order valence-electron chi connectivity index (χ0n) is 18.3. The van der Waals surface area contributed by atoms with Gasteiger partial charge in [-0.3, -0.25) is 14.4 Å². The average Bonchev–Trinajstić information content (AvgIpc) is 3.31. The third-order valence-electron chi connectivity index (χ3n) is 4.59. The summed E-state index contributed by atoms with van der Waals surface area (Å²) in [4.78, 5) is 41.0. The fraction of sp³-hybridized carbons (Fsp3) is 0.217. The van der Waals surface area contributed by atoms with Gasteiger partial charge >= 0.3 is 11.8 Å². The number of nitrogens with one attached hydrogen (secondary N) is 3. The van der Waals surface area contributed by atoms with Gasteiger partial charge in [0.05, 0.1) is 24.4 Å². The van der Waals surface area contributed by atoms with Gasteiger partial charge in [-0.1, -0.05) is 17.7 Å². The summed E-state index contributed by atoms with van der Waals surface area (Å²) < 4.78 is 10.6. The highest BCUT2D eigenvalue weighted by Gasteiger charge is 2.25. The van der Waals surface area contributed by atoms with Crippen LogP contribution in [0.25, 0.3) is 11.3 Å². The molecule has 0 aliphatic heterocycles. The average molecular weight is 471 g/mol. The molecule has 3 N–H and O–H groups in total. The largest absolute Gasteiger partial charge is 0.496 e. The summed E-state index contributed by atoms with van der Waals surface area (Å²) >= 11 is 5.91. The predicted molar refractivity (Wildman–Crippen MR) is 123 cm³/mol. The van der Waals surface area contributed by atoms with Crippen molar-refractivity contribution < 1.29 is 23.5 Å². The molecular weight excluding hydrogens is 448 g/mol. The van der Waals surface area contributed by atoms with Crippen LogP contribution in [0.1, 0.15) is 24.2 Å². The quantitative estimate of drug-likeness (QED) is 0.455. The van der Waals surface area contributed by atoms with Crippen LogP contribution in [-0.4, -0.2) is 41.9 Å². The van der Waals surface area contributed by atoms with Crippen molar-refractivity contribution in [3.05, 3.63) is 65.6 Å². The summed E-state index contributed by atoms with van der Waals surface area (Å²) in [6.07, 6.45) is 2.84. The summed E-state index contributed by atoms with van der Waals surface area (Å²) in [5.74, 6) is -1.12. The van der Waals surface area contributed by atoms with Gasteiger partial charge in [-0.05, 0) is 44.2 Å². The molecule has 1 aromatic heterocycles. The lowest BCUT2D eigenvalue weighted by Gasteiger charge is -2.26. The fourth-order valence-corrected chi connectivity index (χ4v) is 3.14. The number of halogens is 1. The Balaban J connectivity index is 1.58. The third kappa shape index (κ3) is 6.33. The smallest absolute Gasteiger partial charge is 0.313 e. The van der Waals surface area contributed by atoms with Crippen LogP contribution in [0.5, 0.6) is 5.75 Å². The number of methoxy groups -OCH3 is 1. The number of hydrogen-bond donors (Lipinski definition) is 3. The Labute approximate surface area is 195 Å². The van der Waals surface area contributed by atoms with E-state index >= 15 is 0 Å². The molecule has 0 radical (unpaired) electrons. The minimum Gasteiger partial charge on any atom is -0.496 e. The molecule has 3 amide bonds. The van der Waals surface area contributed by atoms with Crippen molar-refractivity contribution in [3.8, 4) is 17.1 Å². The van der Waals surface area contributed by atoms with Gasteiger partial charge in [-0.25, -0.2) is 4.98 Å². The van der Waals surface area contributed by atoms with E-state index in [1.165, 1.54) is 25.8 Å². The van der Waals surface area contributed by atoms with Gasteiger partial charge in [0.25, 0.3) is 5.91 Å². The van der Waals surface area contributed by atoms with Crippen molar-refractivity contribution in [2.24, 2.45) is 0 Å². The standard InChI is InChI=1S/C23H23ClN4O5/c1-23(2,12-26-20(29)14-5-4-6-15(24)9-14)28-22(31)21(30)27-16-7-8-17(18(10-16)32-3)19-11-25-13-33-19/h4-11,13H,12H2,1-3H3,(H,26,29)(H,27,30)(H,28,31). The maximum Gasteiger partial charge on any atom is 0.313 e. The number of carbonyl (C=O) groups is 3. The molecule has 1 heterocycles. The van der Waals surface area contributed by atoms with E-state index in [0.29, 0.717) is 33.3 Å². The highest BCUT2D eigenvalue weighted by Crippen LogP contribution is 2.32. The van der Waals surface area contributed by atoms with E-state index in [0.717, 1.165) is 0 Å². The topological polar surface area (TPSA) is 123 Å². The van der Waals surface area contributed by atoms with Gasteiger partial charge < -0.3 is 25.1 Å². The molecule has 0 aliphatic carbocycles. The second-order valence-corrected chi connectivity index (χ2v) is 8.20. The number of hydrogen-bond acceptors (Lipinski definition) is 6. The first kappa shape index (κ1) is 23.8. The highest BCUT2D eigenvalue weighted by molar-refractivity contribution is 6.39. The molecule has 0 spiro atoms. The minimum absolute atomic E-state index is 0.0943. The number of ether oxygens (including phenoxy) is 1. The van der Waals surface area contributed by atoms with Crippen LogP contribution >= 0.6 is 11.6 Å². The lowest BCUT2D eigenvalue weighted by Crippen LogP contribution is -2.54. The molecule has 3 rings (SSSR count). The Hall–Kier alpha value is -3.85. The SMILES string of the molecule is COc1cc(NC(=O)C(=O)NC(C)(C)CNC(=O)c2cccc(Cl)c2)ccc1-c1cnco1. The number of rotatable bonds is 7. The van der Waals surface area contributed by atoms with Crippen LogP contribution < -0.4 is 20.7 Å². The van der Waals surface area contributed by atoms with Crippen molar-refractivity contribution in [3.63, 3.8) is 0 Å². The van der Waals surface area contributed by atoms with Crippen LogP contribution in [0, 0.1) is 0 Å². The van der Waals surface area contributed by atoms with Gasteiger partial charge in [0.2, 0.25) is 0 Å². The lowest BCUT2D eigenvalue weighted by molar-refractivity contribution is -0.137. The van der Waals surface area contributed by atoms with E-state index in [9.17, 15) is 14.4 Å². The van der Waals surface area contributed by atoms with Crippen molar-refractivity contribution in [1.29, 1.82) is 0 Å². The van der Waals surface area contributed by atoms with Crippen LogP contribution in [0.4, 0.5) is 5.69 Å². The first-order chi connectivity index (χ1) is 15.7. The highest BCUT2D eigenvalue weighted by atomic mass is 35.5. The zero-order valence-corrected chi connectivity index (χ0v) is 19.0. The monoisotopic (exact) mass is 470 g/mol. The molecule has 0 atom stereocenters. The van der Waals surface area contributed by atoms with E-state index in [1.807, 2.05) is 0 Å². The van der Waals surface area contributed by atoms with Gasteiger partial charge in [-0.2, -0.15) is 0 Å². The van der Waals surface area contributed by atoms with Crippen molar-refractivity contribution in [2.75, 3.05) is 19.0 Å². The maximum absolute atomic E-state index is 12.4. The number of aromatic nitrogens is 1. The molecule has 0 bridgehead atoms. The second-order valence-electron chi connectivity index (χ2n) is 7.77. The van der Waals surface area contributed by atoms with Crippen LogP contribution in [0.3, 0.4) is 0 Å². The number of benzene rings is 2. The molecular formula is C23H23ClN4O5.